The molecule has 0 radical (unpaired) electrons. The molecule has 0 atom stereocenters. The topological polar surface area (TPSA) is 75.0 Å². The van der Waals surface area contributed by atoms with E-state index in [2.05, 4.69) is 15.0 Å². The number of aromatic nitrogens is 3. The lowest BCUT2D eigenvalue weighted by Crippen LogP contribution is -2.40. The number of aromatic amines is 1. The summed E-state index contributed by atoms with van der Waals surface area (Å²) in [5, 5.41) is 0.700. The summed E-state index contributed by atoms with van der Waals surface area (Å²) in [5.74, 6) is -0.239. The molecule has 1 aliphatic carbocycles. The number of alkyl halides is 3. The Morgan fingerprint density at radius 2 is 2.19 bits per heavy atom. The summed E-state index contributed by atoms with van der Waals surface area (Å²) < 4.78 is 43.9. The van der Waals surface area contributed by atoms with E-state index in [0.717, 1.165) is 17.7 Å². The van der Waals surface area contributed by atoms with Crippen LogP contribution in [0.15, 0.2) is 35.3 Å². The molecule has 0 aromatic carbocycles. The third-order valence-electron chi connectivity index (χ3n) is 4.27. The van der Waals surface area contributed by atoms with Crippen molar-refractivity contribution in [3.05, 3.63) is 36.5 Å². The Kier molecular flexibility index (Phi) is 3.93. The smallest absolute Gasteiger partial charge is 0.406 e. The third kappa shape index (κ3) is 3.42. The second kappa shape index (κ2) is 6.15. The predicted molar refractivity (Wildman–Crippen MR) is 88.4 cm³/mol. The summed E-state index contributed by atoms with van der Waals surface area (Å²) >= 11 is 0. The molecule has 6 nitrogen and oxygen atoms in total. The highest BCUT2D eigenvalue weighted by Gasteiger charge is 2.36. The number of hydrogen-bond donors (Lipinski definition) is 1. The lowest BCUT2D eigenvalue weighted by molar-refractivity contribution is -0.141. The van der Waals surface area contributed by atoms with Crippen molar-refractivity contribution in [3.8, 4) is 11.5 Å². The van der Waals surface area contributed by atoms with E-state index in [0.29, 0.717) is 22.5 Å². The Morgan fingerprint density at radius 3 is 2.92 bits per heavy atom. The van der Waals surface area contributed by atoms with Gasteiger partial charge in [0.1, 0.15) is 30.5 Å². The molecular weight excluding hydrogens is 349 g/mol. The number of fused-ring (bicyclic) bond motifs is 1. The normalized spacial score (nSPS) is 14.7. The average molecular weight is 366 g/mol. The molecule has 0 spiro atoms. The summed E-state index contributed by atoms with van der Waals surface area (Å²) in [6.45, 7) is -1.16. The van der Waals surface area contributed by atoms with Gasteiger partial charge in [-0.15, -0.1) is 0 Å². The van der Waals surface area contributed by atoms with Crippen LogP contribution in [0.5, 0.6) is 0 Å². The van der Waals surface area contributed by atoms with Crippen LogP contribution in [0.25, 0.3) is 22.5 Å². The molecule has 0 unspecified atom stereocenters. The number of H-pyrrole nitrogens is 1. The average Bonchev–Trinajstić information content (AvgIpc) is 3.09. The molecule has 1 N–H and O–H groups in total. The molecule has 3 heterocycles. The summed E-state index contributed by atoms with van der Waals surface area (Å²) in [7, 11) is 0. The summed E-state index contributed by atoms with van der Waals surface area (Å²) in [5.41, 5.74) is 1.15. The minimum Gasteiger partial charge on any atom is -0.462 e. The highest BCUT2D eigenvalue weighted by molar-refractivity contribution is 5.96. The van der Waals surface area contributed by atoms with Crippen molar-refractivity contribution in [2.24, 2.45) is 5.92 Å². The number of halogens is 3. The number of furan rings is 1. The van der Waals surface area contributed by atoms with Crippen LogP contribution in [0.3, 0.4) is 0 Å². The van der Waals surface area contributed by atoms with Gasteiger partial charge in [0.25, 0.3) is 5.91 Å². The van der Waals surface area contributed by atoms with Crippen molar-refractivity contribution in [1.82, 2.24) is 19.9 Å². The first-order chi connectivity index (χ1) is 12.4. The van der Waals surface area contributed by atoms with Gasteiger partial charge in [-0.2, -0.15) is 13.2 Å². The highest BCUT2D eigenvalue weighted by Crippen LogP contribution is 2.32. The van der Waals surface area contributed by atoms with Gasteiger partial charge in [0, 0.05) is 19.6 Å². The van der Waals surface area contributed by atoms with Crippen molar-refractivity contribution in [3.63, 3.8) is 0 Å². The maximum Gasteiger partial charge on any atom is 0.406 e. The number of carbonyl (C=O) groups is 1. The van der Waals surface area contributed by atoms with E-state index in [-0.39, 0.29) is 19.5 Å². The lowest BCUT2D eigenvalue weighted by Gasteiger charge is -2.23. The fourth-order valence-electron chi connectivity index (χ4n) is 2.87. The Bertz CT molecular complexity index is 949. The molecule has 138 valence electrons. The van der Waals surface area contributed by atoms with E-state index in [9.17, 15) is 18.0 Å². The first kappa shape index (κ1) is 16.6. The van der Waals surface area contributed by atoms with Gasteiger partial charge < -0.3 is 14.3 Å². The van der Waals surface area contributed by atoms with Crippen molar-refractivity contribution in [1.29, 1.82) is 0 Å². The zero-order chi connectivity index (χ0) is 18.3. The van der Waals surface area contributed by atoms with E-state index in [4.69, 9.17) is 4.42 Å². The SMILES string of the molecule is O=C(c1coc(-c2ncnc3[nH]ccc23)c1)N(CC1CC1)CC(F)(F)F.[HH]. The minimum atomic E-state index is -4.44. The summed E-state index contributed by atoms with van der Waals surface area (Å²) in [6.07, 6.45) is 1.48. The minimum absolute atomic E-state index is 0. The summed E-state index contributed by atoms with van der Waals surface area (Å²) in [6, 6.07) is 3.19. The number of rotatable bonds is 5. The number of nitrogens with zero attached hydrogens (tertiary/aromatic N) is 3. The predicted octanol–water partition coefficient (Wildman–Crippen LogP) is 3.88. The van der Waals surface area contributed by atoms with Crippen LogP contribution in [-0.2, 0) is 0 Å². The molecule has 1 fully saturated rings. The Hall–Kier alpha value is -2.84. The first-order valence-electron chi connectivity index (χ1n) is 8.14. The van der Waals surface area contributed by atoms with Crippen molar-refractivity contribution in [2.75, 3.05) is 13.1 Å². The Labute approximate surface area is 147 Å². The van der Waals surface area contributed by atoms with E-state index in [1.165, 1.54) is 18.7 Å². The van der Waals surface area contributed by atoms with Crippen LogP contribution in [-0.4, -0.2) is 45.0 Å². The fourth-order valence-corrected chi connectivity index (χ4v) is 2.87. The van der Waals surface area contributed by atoms with Crippen LogP contribution in [0, 0.1) is 5.92 Å². The van der Waals surface area contributed by atoms with Crippen LogP contribution in [0.2, 0.25) is 0 Å². The molecular formula is C17H17F3N4O2. The number of carbonyl (C=O) groups excluding carboxylic acids is 1. The molecule has 1 aliphatic rings. The highest BCUT2D eigenvalue weighted by atomic mass is 19.4. The number of amides is 1. The van der Waals surface area contributed by atoms with E-state index < -0.39 is 18.6 Å². The quantitative estimate of drug-likeness (QED) is 0.744. The van der Waals surface area contributed by atoms with Gasteiger partial charge in [-0.1, -0.05) is 0 Å². The van der Waals surface area contributed by atoms with Crippen molar-refractivity contribution in [2.45, 2.75) is 19.0 Å². The second-order valence-corrected chi connectivity index (χ2v) is 6.41. The van der Waals surface area contributed by atoms with Crippen LogP contribution in [0.4, 0.5) is 13.2 Å². The first-order valence-corrected chi connectivity index (χ1v) is 8.14. The van der Waals surface area contributed by atoms with Gasteiger partial charge in [0.15, 0.2) is 5.76 Å². The zero-order valence-electron chi connectivity index (χ0n) is 13.6. The molecule has 0 bridgehead atoms. The van der Waals surface area contributed by atoms with Gasteiger partial charge in [-0.25, -0.2) is 9.97 Å². The van der Waals surface area contributed by atoms with E-state index in [1.54, 1.807) is 12.3 Å². The molecule has 9 heteroatoms. The molecule has 3 aromatic rings. The largest absolute Gasteiger partial charge is 0.462 e. The van der Waals surface area contributed by atoms with E-state index in [1.807, 2.05) is 0 Å². The monoisotopic (exact) mass is 366 g/mol. The molecule has 26 heavy (non-hydrogen) atoms. The standard InChI is InChI=1S/C17H15F3N4O2.H2/c18-17(19,20)8-24(6-10-1-2-10)16(25)11-5-13(26-7-11)14-12-3-4-21-15(12)23-9-22-14;/h3-5,7,9-10H,1-2,6,8H2,(H,21,22,23);1H. The van der Waals surface area contributed by atoms with Gasteiger partial charge in [-0.05, 0) is 30.9 Å². The zero-order valence-corrected chi connectivity index (χ0v) is 13.6. The van der Waals surface area contributed by atoms with Crippen molar-refractivity contribution >= 4 is 16.9 Å². The Morgan fingerprint density at radius 1 is 1.38 bits per heavy atom. The lowest BCUT2D eigenvalue weighted by atomic mass is 10.2. The van der Waals surface area contributed by atoms with Crippen molar-refractivity contribution < 1.29 is 23.8 Å². The summed E-state index contributed by atoms with van der Waals surface area (Å²) in [4.78, 5) is 24.6. The third-order valence-corrected chi connectivity index (χ3v) is 4.27. The Balaban J connectivity index is 0.00000210. The maximum atomic E-state index is 12.8. The molecule has 4 rings (SSSR count). The fraction of sp³-hybridized carbons (Fsp3) is 0.353. The molecule has 0 aliphatic heterocycles. The van der Waals surface area contributed by atoms with Crippen LogP contribution < -0.4 is 0 Å². The van der Waals surface area contributed by atoms with Gasteiger partial charge >= 0.3 is 6.18 Å². The van der Waals surface area contributed by atoms with Gasteiger partial charge in [0.05, 0.1) is 5.56 Å². The van der Waals surface area contributed by atoms with Crippen LogP contribution in [0.1, 0.15) is 24.6 Å². The van der Waals surface area contributed by atoms with Gasteiger partial charge in [0.2, 0.25) is 0 Å². The molecule has 1 saturated carbocycles. The molecule has 3 aromatic heterocycles. The number of hydrogen-bond acceptors (Lipinski definition) is 4. The number of nitrogens with one attached hydrogen (secondary N) is 1. The van der Waals surface area contributed by atoms with Gasteiger partial charge in [-0.3, -0.25) is 4.79 Å². The van der Waals surface area contributed by atoms with E-state index >= 15 is 0 Å². The second-order valence-electron chi connectivity index (χ2n) is 6.41. The molecule has 1 amide bonds. The maximum absolute atomic E-state index is 12.8. The van der Waals surface area contributed by atoms with Crippen LogP contribution >= 0.6 is 0 Å². The molecule has 0 saturated heterocycles.